The fourth-order valence-corrected chi connectivity index (χ4v) is 1.75. The Labute approximate surface area is 113 Å². The molecule has 0 fully saturated rings. The second-order valence-electron chi connectivity index (χ2n) is 3.92. The van der Waals surface area contributed by atoms with E-state index in [1.54, 1.807) is 18.2 Å². The molecule has 0 spiro atoms. The van der Waals surface area contributed by atoms with Gasteiger partial charge in [0.2, 0.25) is 0 Å². The predicted molar refractivity (Wildman–Crippen MR) is 68.0 cm³/mol. The summed E-state index contributed by atoms with van der Waals surface area (Å²) >= 11 is 5.71. The fourth-order valence-electron chi connectivity index (χ4n) is 1.57. The molecule has 0 radical (unpaired) electrons. The van der Waals surface area contributed by atoms with Gasteiger partial charge in [0.15, 0.2) is 0 Å². The molecule has 2 rings (SSSR count). The van der Waals surface area contributed by atoms with Crippen LogP contribution < -0.4 is 5.32 Å². The number of nitrogens with zero attached hydrogens (tertiary/aromatic N) is 1. The first kappa shape index (κ1) is 13.7. The molecule has 0 aliphatic carbocycles. The first-order valence-corrected chi connectivity index (χ1v) is 5.84. The molecular formula is C13H10ClF3N2. The Morgan fingerprint density at radius 1 is 1.16 bits per heavy atom. The third-order valence-corrected chi connectivity index (χ3v) is 2.68. The van der Waals surface area contributed by atoms with Crippen molar-refractivity contribution < 1.29 is 13.2 Å². The summed E-state index contributed by atoms with van der Waals surface area (Å²) < 4.78 is 37.6. The lowest BCUT2D eigenvalue weighted by Crippen LogP contribution is -2.06. The summed E-state index contributed by atoms with van der Waals surface area (Å²) in [5, 5.41) is 3.32. The molecule has 0 bridgehead atoms. The lowest BCUT2D eigenvalue weighted by atomic mass is 10.1. The Morgan fingerprint density at radius 3 is 2.63 bits per heavy atom. The molecule has 0 atom stereocenters. The number of benzene rings is 1. The lowest BCUT2D eigenvalue weighted by Gasteiger charge is -2.10. The van der Waals surface area contributed by atoms with Crippen molar-refractivity contribution in [3.05, 3.63) is 58.9 Å². The summed E-state index contributed by atoms with van der Waals surface area (Å²) in [6.45, 7) is 0.282. The van der Waals surface area contributed by atoms with Crippen molar-refractivity contribution in [3.63, 3.8) is 0 Å². The third-order valence-electron chi connectivity index (χ3n) is 2.48. The van der Waals surface area contributed by atoms with Gasteiger partial charge in [0.05, 0.1) is 5.56 Å². The van der Waals surface area contributed by atoms with E-state index in [9.17, 15) is 13.2 Å². The van der Waals surface area contributed by atoms with Crippen molar-refractivity contribution in [1.29, 1.82) is 0 Å². The van der Waals surface area contributed by atoms with E-state index in [0.29, 0.717) is 16.4 Å². The largest absolute Gasteiger partial charge is 0.416 e. The van der Waals surface area contributed by atoms with Crippen LogP contribution in [0.2, 0.25) is 5.15 Å². The number of hydrogen-bond donors (Lipinski definition) is 1. The van der Waals surface area contributed by atoms with Crippen molar-refractivity contribution in [3.8, 4) is 0 Å². The highest BCUT2D eigenvalue weighted by Gasteiger charge is 2.30. The molecule has 100 valence electrons. The summed E-state index contributed by atoms with van der Waals surface area (Å²) in [5.41, 5.74) is 0.597. The molecule has 1 N–H and O–H groups in total. The zero-order valence-electron chi connectivity index (χ0n) is 9.71. The van der Waals surface area contributed by atoms with Gasteiger partial charge in [-0.25, -0.2) is 4.98 Å². The summed E-state index contributed by atoms with van der Waals surface area (Å²) in [6.07, 6.45) is -2.80. The molecule has 19 heavy (non-hydrogen) atoms. The van der Waals surface area contributed by atoms with Gasteiger partial charge >= 0.3 is 6.18 Å². The Kier molecular flexibility index (Phi) is 3.95. The zero-order chi connectivity index (χ0) is 13.9. The topological polar surface area (TPSA) is 24.9 Å². The van der Waals surface area contributed by atoms with Crippen molar-refractivity contribution in [2.75, 3.05) is 5.32 Å². The van der Waals surface area contributed by atoms with E-state index in [1.807, 2.05) is 0 Å². The van der Waals surface area contributed by atoms with E-state index in [4.69, 9.17) is 11.6 Å². The van der Waals surface area contributed by atoms with Gasteiger partial charge in [-0.3, -0.25) is 0 Å². The Hall–Kier alpha value is -1.75. The fraction of sp³-hybridized carbons (Fsp3) is 0.154. The van der Waals surface area contributed by atoms with Crippen LogP contribution >= 0.6 is 11.6 Å². The number of rotatable bonds is 3. The number of anilines is 1. The molecule has 0 amide bonds. The van der Waals surface area contributed by atoms with Crippen LogP contribution in [-0.2, 0) is 12.7 Å². The summed E-state index contributed by atoms with van der Waals surface area (Å²) in [4.78, 5) is 3.82. The molecule has 0 aliphatic rings. The lowest BCUT2D eigenvalue weighted by molar-refractivity contribution is -0.137. The molecule has 2 nitrogen and oxygen atoms in total. The maximum atomic E-state index is 12.5. The monoisotopic (exact) mass is 286 g/mol. The van der Waals surface area contributed by atoms with Crippen LogP contribution in [0.3, 0.4) is 0 Å². The smallest absolute Gasteiger partial charge is 0.381 e. The average molecular weight is 287 g/mol. The highest BCUT2D eigenvalue weighted by atomic mass is 35.5. The van der Waals surface area contributed by atoms with E-state index >= 15 is 0 Å². The van der Waals surface area contributed by atoms with Crippen LogP contribution in [0.1, 0.15) is 11.1 Å². The van der Waals surface area contributed by atoms with Gasteiger partial charge < -0.3 is 5.32 Å². The minimum absolute atomic E-state index is 0.282. The molecule has 0 saturated heterocycles. The summed E-state index contributed by atoms with van der Waals surface area (Å²) in [7, 11) is 0. The van der Waals surface area contributed by atoms with E-state index in [1.165, 1.54) is 12.3 Å². The Bertz CT molecular complexity index is 570. The molecule has 0 saturated carbocycles. The van der Waals surface area contributed by atoms with Gasteiger partial charge in [-0.05, 0) is 29.8 Å². The standard InChI is InChI=1S/C13H10ClF3N2/c14-12-7-11(4-5-18-12)19-8-9-2-1-3-10(6-9)13(15,16)17/h1-7H,8H2,(H,18,19). The van der Waals surface area contributed by atoms with E-state index < -0.39 is 11.7 Å². The number of aromatic nitrogens is 1. The minimum atomic E-state index is -4.32. The van der Waals surface area contributed by atoms with Gasteiger partial charge in [-0.2, -0.15) is 13.2 Å². The second-order valence-corrected chi connectivity index (χ2v) is 4.31. The maximum absolute atomic E-state index is 12.5. The predicted octanol–water partition coefficient (Wildman–Crippen LogP) is 4.37. The van der Waals surface area contributed by atoms with Gasteiger partial charge in [-0.1, -0.05) is 23.7 Å². The van der Waals surface area contributed by atoms with Gasteiger partial charge in [-0.15, -0.1) is 0 Å². The molecule has 2 aromatic rings. The van der Waals surface area contributed by atoms with Gasteiger partial charge in [0.1, 0.15) is 5.15 Å². The number of alkyl halides is 3. The van der Waals surface area contributed by atoms with Crippen LogP contribution in [0.25, 0.3) is 0 Å². The average Bonchev–Trinajstić information content (AvgIpc) is 2.36. The normalized spacial score (nSPS) is 11.4. The highest BCUT2D eigenvalue weighted by molar-refractivity contribution is 6.29. The molecule has 1 heterocycles. The summed E-state index contributed by atoms with van der Waals surface area (Å²) in [5.74, 6) is 0. The Balaban J connectivity index is 2.08. The molecule has 0 unspecified atom stereocenters. The third kappa shape index (κ3) is 3.86. The molecular weight excluding hydrogens is 277 g/mol. The zero-order valence-corrected chi connectivity index (χ0v) is 10.5. The number of hydrogen-bond acceptors (Lipinski definition) is 2. The first-order valence-electron chi connectivity index (χ1n) is 5.47. The second kappa shape index (κ2) is 5.48. The molecule has 1 aromatic heterocycles. The van der Waals surface area contributed by atoms with Crippen LogP contribution in [0.15, 0.2) is 42.6 Å². The SMILES string of the molecule is FC(F)(F)c1cccc(CNc2ccnc(Cl)c2)c1. The van der Waals surface area contributed by atoms with E-state index in [-0.39, 0.29) is 6.54 Å². The van der Waals surface area contributed by atoms with Crippen molar-refractivity contribution in [2.24, 2.45) is 0 Å². The molecule has 1 aromatic carbocycles. The minimum Gasteiger partial charge on any atom is -0.381 e. The number of nitrogens with one attached hydrogen (secondary N) is 1. The molecule has 0 aliphatic heterocycles. The van der Waals surface area contributed by atoms with Gasteiger partial charge in [0, 0.05) is 18.4 Å². The quantitative estimate of drug-likeness (QED) is 0.848. The van der Waals surface area contributed by atoms with Gasteiger partial charge in [0.25, 0.3) is 0 Å². The van der Waals surface area contributed by atoms with E-state index in [2.05, 4.69) is 10.3 Å². The maximum Gasteiger partial charge on any atom is 0.416 e. The number of pyridine rings is 1. The first-order chi connectivity index (χ1) is 8.95. The summed E-state index contributed by atoms with van der Waals surface area (Å²) in [6, 6.07) is 8.49. The number of halogens is 4. The van der Waals surface area contributed by atoms with Crippen LogP contribution in [0.5, 0.6) is 0 Å². The van der Waals surface area contributed by atoms with Crippen molar-refractivity contribution in [1.82, 2.24) is 4.98 Å². The van der Waals surface area contributed by atoms with Crippen LogP contribution in [0.4, 0.5) is 18.9 Å². The van der Waals surface area contributed by atoms with Crippen LogP contribution in [0, 0.1) is 0 Å². The Morgan fingerprint density at radius 2 is 1.95 bits per heavy atom. The van der Waals surface area contributed by atoms with Crippen molar-refractivity contribution in [2.45, 2.75) is 12.7 Å². The van der Waals surface area contributed by atoms with Crippen LogP contribution in [-0.4, -0.2) is 4.98 Å². The molecule has 6 heteroatoms. The van der Waals surface area contributed by atoms with E-state index in [0.717, 1.165) is 12.1 Å². The van der Waals surface area contributed by atoms with Crippen molar-refractivity contribution >= 4 is 17.3 Å². The highest BCUT2D eigenvalue weighted by Crippen LogP contribution is 2.29.